The second-order valence-corrected chi connectivity index (χ2v) is 5.46. The molecule has 2 aromatic rings. The lowest BCUT2D eigenvalue weighted by atomic mass is 10.1. The van der Waals surface area contributed by atoms with Crippen LogP contribution in [0.1, 0.15) is 21.6 Å². The van der Waals surface area contributed by atoms with Gasteiger partial charge < -0.3 is 5.11 Å². The maximum absolute atomic E-state index is 10.1. The summed E-state index contributed by atoms with van der Waals surface area (Å²) >= 11 is 13.3. The van der Waals surface area contributed by atoms with E-state index in [-0.39, 0.29) is 0 Å². The van der Waals surface area contributed by atoms with Gasteiger partial charge in [0.15, 0.2) is 0 Å². The van der Waals surface area contributed by atoms with Crippen molar-refractivity contribution >= 4 is 34.5 Å². The highest BCUT2D eigenvalue weighted by atomic mass is 35.5. The highest BCUT2D eigenvalue weighted by Crippen LogP contribution is 2.32. The van der Waals surface area contributed by atoms with Crippen LogP contribution in [-0.4, -0.2) is 10.1 Å². The third kappa shape index (κ3) is 2.38. The molecule has 1 aromatic heterocycles. The third-order valence-corrected chi connectivity index (χ3v) is 3.69. The molecule has 0 saturated carbocycles. The lowest BCUT2D eigenvalue weighted by Crippen LogP contribution is -1.97. The number of hydrogen-bond donors (Lipinski definition) is 1. The topological polar surface area (TPSA) is 33.1 Å². The van der Waals surface area contributed by atoms with Gasteiger partial charge in [0.2, 0.25) is 0 Å². The predicted molar refractivity (Wildman–Crippen MR) is 67.4 cm³/mol. The quantitative estimate of drug-likeness (QED) is 0.902. The van der Waals surface area contributed by atoms with Crippen LogP contribution in [0.2, 0.25) is 10.0 Å². The van der Waals surface area contributed by atoms with E-state index in [1.165, 1.54) is 11.3 Å². The van der Waals surface area contributed by atoms with Crippen LogP contribution >= 0.6 is 34.5 Å². The van der Waals surface area contributed by atoms with Crippen molar-refractivity contribution in [3.05, 3.63) is 49.9 Å². The van der Waals surface area contributed by atoms with Crippen LogP contribution in [0.25, 0.3) is 0 Å². The molecule has 0 radical (unpaired) electrons. The van der Waals surface area contributed by atoms with Crippen LogP contribution in [-0.2, 0) is 0 Å². The van der Waals surface area contributed by atoms with Gasteiger partial charge in [-0.15, -0.1) is 11.3 Å². The fourth-order valence-corrected chi connectivity index (χ4v) is 2.68. The minimum Gasteiger partial charge on any atom is -0.383 e. The Morgan fingerprint density at radius 2 is 2.12 bits per heavy atom. The van der Waals surface area contributed by atoms with Gasteiger partial charge in [-0.3, -0.25) is 0 Å². The minimum absolute atomic E-state index is 0.464. The summed E-state index contributed by atoms with van der Waals surface area (Å²) in [6.45, 7) is 1.89. The van der Waals surface area contributed by atoms with Crippen LogP contribution < -0.4 is 0 Å². The first-order valence-corrected chi connectivity index (χ1v) is 6.20. The normalized spacial score (nSPS) is 12.8. The van der Waals surface area contributed by atoms with Crippen LogP contribution in [0.15, 0.2) is 24.4 Å². The lowest BCUT2D eigenvalue weighted by Gasteiger charge is -2.10. The fraction of sp³-hybridized carbons (Fsp3) is 0.182. The molecule has 0 amide bonds. The first-order chi connectivity index (χ1) is 7.58. The number of hydrogen-bond acceptors (Lipinski definition) is 3. The number of aryl methyl sites for hydroxylation is 1. The molecule has 2 nitrogen and oxygen atoms in total. The van der Waals surface area contributed by atoms with Gasteiger partial charge >= 0.3 is 0 Å². The summed E-state index contributed by atoms with van der Waals surface area (Å²) in [4.78, 5) is 4.88. The Kier molecular flexibility index (Phi) is 3.50. The number of thiazole rings is 1. The van der Waals surface area contributed by atoms with Crippen LogP contribution in [0.5, 0.6) is 0 Å². The summed E-state index contributed by atoms with van der Waals surface area (Å²) in [6.07, 6.45) is 0.922. The van der Waals surface area contributed by atoms with E-state index in [1.807, 2.05) is 6.92 Å². The number of benzene rings is 1. The predicted octanol–water partition coefficient (Wildman–Crippen LogP) is 3.84. The Morgan fingerprint density at radius 1 is 1.38 bits per heavy atom. The van der Waals surface area contributed by atoms with Crippen molar-refractivity contribution in [3.8, 4) is 0 Å². The second-order valence-electron chi connectivity index (χ2n) is 3.35. The Morgan fingerprint density at radius 3 is 2.69 bits per heavy atom. The SMILES string of the molecule is Cc1ncc(C(O)c2ccc(Cl)cc2Cl)s1. The van der Waals surface area contributed by atoms with Crippen molar-refractivity contribution in [3.63, 3.8) is 0 Å². The molecular formula is C11H9Cl2NOS. The van der Waals surface area contributed by atoms with E-state index in [2.05, 4.69) is 4.98 Å². The highest BCUT2D eigenvalue weighted by Gasteiger charge is 2.16. The van der Waals surface area contributed by atoms with Crippen LogP contribution in [0.4, 0.5) is 0 Å². The van der Waals surface area contributed by atoms with E-state index >= 15 is 0 Å². The molecule has 1 N–H and O–H groups in total. The van der Waals surface area contributed by atoms with E-state index in [0.29, 0.717) is 15.6 Å². The molecule has 0 bridgehead atoms. The lowest BCUT2D eigenvalue weighted by molar-refractivity contribution is 0.224. The van der Waals surface area contributed by atoms with Gasteiger partial charge in [-0.1, -0.05) is 29.3 Å². The zero-order chi connectivity index (χ0) is 11.7. The molecule has 1 unspecified atom stereocenters. The van der Waals surface area contributed by atoms with Gasteiger partial charge in [0, 0.05) is 21.8 Å². The average Bonchev–Trinajstić information content (AvgIpc) is 2.64. The molecule has 1 aromatic carbocycles. The number of nitrogens with zero attached hydrogens (tertiary/aromatic N) is 1. The fourth-order valence-electron chi connectivity index (χ4n) is 1.38. The van der Waals surface area contributed by atoms with Gasteiger partial charge in [0.1, 0.15) is 6.10 Å². The summed E-state index contributed by atoms with van der Waals surface area (Å²) < 4.78 is 0. The van der Waals surface area contributed by atoms with Gasteiger partial charge in [-0.25, -0.2) is 4.98 Å². The zero-order valence-electron chi connectivity index (χ0n) is 8.45. The molecular weight excluding hydrogens is 265 g/mol. The van der Waals surface area contributed by atoms with Gasteiger partial charge in [-0.2, -0.15) is 0 Å². The first kappa shape index (κ1) is 11.9. The Bertz CT molecular complexity index is 512. The van der Waals surface area contributed by atoms with Crippen molar-refractivity contribution in [2.75, 3.05) is 0 Å². The molecule has 84 valence electrons. The molecule has 0 aliphatic heterocycles. The monoisotopic (exact) mass is 273 g/mol. The maximum Gasteiger partial charge on any atom is 0.116 e. The zero-order valence-corrected chi connectivity index (χ0v) is 10.8. The molecule has 16 heavy (non-hydrogen) atoms. The summed E-state index contributed by atoms with van der Waals surface area (Å²) in [6, 6.07) is 5.06. The summed E-state index contributed by atoms with van der Waals surface area (Å²) in [5.41, 5.74) is 0.648. The van der Waals surface area contributed by atoms with E-state index in [1.54, 1.807) is 24.4 Å². The minimum atomic E-state index is -0.740. The summed E-state index contributed by atoms with van der Waals surface area (Å²) in [5, 5.41) is 12.1. The standard InChI is InChI=1S/C11H9Cl2NOS/c1-6-14-5-10(16-6)11(15)8-3-2-7(12)4-9(8)13/h2-5,11,15H,1H3. The van der Waals surface area contributed by atoms with Gasteiger partial charge in [-0.05, 0) is 19.1 Å². The molecule has 1 heterocycles. The molecule has 0 aliphatic rings. The van der Waals surface area contributed by atoms with E-state index in [9.17, 15) is 5.11 Å². The highest BCUT2D eigenvalue weighted by molar-refractivity contribution is 7.11. The average molecular weight is 274 g/mol. The van der Waals surface area contributed by atoms with Crippen LogP contribution in [0, 0.1) is 6.92 Å². The third-order valence-electron chi connectivity index (χ3n) is 2.17. The van der Waals surface area contributed by atoms with Crippen molar-refractivity contribution in [2.45, 2.75) is 13.0 Å². The Hall–Kier alpha value is -0.610. The first-order valence-electron chi connectivity index (χ1n) is 4.63. The smallest absolute Gasteiger partial charge is 0.116 e. The number of aliphatic hydroxyl groups is 1. The van der Waals surface area contributed by atoms with E-state index in [0.717, 1.165) is 9.88 Å². The van der Waals surface area contributed by atoms with Crippen LogP contribution in [0.3, 0.4) is 0 Å². The number of aromatic nitrogens is 1. The molecule has 2 rings (SSSR count). The van der Waals surface area contributed by atoms with Crippen molar-refractivity contribution in [1.82, 2.24) is 4.98 Å². The number of rotatable bonds is 2. The van der Waals surface area contributed by atoms with Crippen molar-refractivity contribution < 1.29 is 5.11 Å². The molecule has 0 fully saturated rings. The molecule has 0 saturated heterocycles. The Labute approximate surface area is 107 Å². The largest absolute Gasteiger partial charge is 0.383 e. The Balaban J connectivity index is 2.37. The number of halogens is 2. The molecule has 0 aliphatic carbocycles. The molecule has 0 spiro atoms. The van der Waals surface area contributed by atoms with Gasteiger partial charge in [0.05, 0.1) is 9.88 Å². The van der Waals surface area contributed by atoms with Crippen molar-refractivity contribution in [2.24, 2.45) is 0 Å². The number of aliphatic hydroxyl groups excluding tert-OH is 1. The van der Waals surface area contributed by atoms with E-state index < -0.39 is 6.10 Å². The molecule has 1 atom stereocenters. The summed E-state index contributed by atoms with van der Waals surface area (Å²) in [5.74, 6) is 0. The van der Waals surface area contributed by atoms with Crippen molar-refractivity contribution in [1.29, 1.82) is 0 Å². The maximum atomic E-state index is 10.1. The van der Waals surface area contributed by atoms with E-state index in [4.69, 9.17) is 23.2 Å². The summed E-state index contributed by atoms with van der Waals surface area (Å²) in [7, 11) is 0. The molecule has 5 heteroatoms. The van der Waals surface area contributed by atoms with Gasteiger partial charge in [0.25, 0.3) is 0 Å². The second kappa shape index (κ2) is 4.72.